The summed E-state index contributed by atoms with van der Waals surface area (Å²) >= 11 is 6.90. The van der Waals surface area contributed by atoms with Crippen LogP contribution in [0.2, 0.25) is 4.34 Å². The lowest BCUT2D eigenvalue weighted by Crippen LogP contribution is -2.42. The summed E-state index contributed by atoms with van der Waals surface area (Å²) < 4.78 is 33.6. The summed E-state index contributed by atoms with van der Waals surface area (Å²) in [4.78, 5) is 17.5. The molecule has 5 rings (SSSR count). The van der Waals surface area contributed by atoms with Gasteiger partial charge in [-0.2, -0.15) is 4.31 Å². The number of rotatable bonds is 5. The molecule has 2 aromatic carbocycles. The van der Waals surface area contributed by atoms with Gasteiger partial charge in [0.1, 0.15) is 15.8 Å². The number of fused-ring (bicyclic) bond motifs is 1. The highest BCUT2D eigenvalue weighted by Crippen LogP contribution is 2.33. The van der Waals surface area contributed by atoms with Gasteiger partial charge in [0, 0.05) is 17.8 Å². The van der Waals surface area contributed by atoms with E-state index in [9.17, 15) is 13.2 Å². The molecule has 0 radical (unpaired) electrons. The minimum absolute atomic E-state index is 0.139. The fourth-order valence-corrected chi connectivity index (χ4v) is 7.06. The maximum Gasteiger partial charge on any atom is 0.253 e. The van der Waals surface area contributed by atoms with Crippen molar-refractivity contribution in [1.29, 1.82) is 0 Å². The zero-order valence-corrected chi connectivity index (χ0v) is 19.1. The molecule has 1 aliphatic heterocycles. The molecule has 3 heterocycles. The molecule has 0 spiro atoms. The van der Waals surface area contributed by atoms with Crippen molar-refractivity contribution in [2.45, 2.75) is 23.1 Å². The molecule has 1 aliphatic rings. The van der Waals surface area contributed by atoms with Gasteiger partial charge in [-0.15, -0.1) is 11.3 Å². The standard InChI is InChI=1S/C22H18ClN3O4S2/c23-19-10-11-20(31-19)32(28,29)26-12-4-8-17(26)21(27)24-15-6-3-5-14(13-15)22-25-16-7-1-2-9-18(16)30-22/h1-3,5-7,9-11,13,17H,4,8,12H2,(H,24,27)/t17-/m0/s1. The molecule has 1 N–H and O–H groups in total. The number of halogens is 1. The number of oxazole rings is 1. The first kappa shape index (κ1) is 21.1. The Balaban J connectivity index is 1.37. The number of carbonyl (C=O) groups excluding carboxylic acids is 1. The number of aromatic nitrogens is 1. The molecule has 1 fully saturated rings. The van der Waals surface area contributed by atoms with E-state index in [4.69, 9.17) is 16.0 Å². The van der Waals surface area contributed by atoms with E-state index >= 15 is 0 Å². The number of hydrogen-bond donors (Lipinski definition) is 1. The van der Waals surface area contributed by atoms with Gasteiger partial charge in [-0.05, 0) is 55.3 Å². The van der Waals surface area contributed by atoms with Crippen molar-refractivity contribution in [2.24, 2.45) is 0 Å². The number of sulfonamides is 1. The Hall–Kier alpha value is -2.72. The zero-order chi connectivity index (χ0) is 22.3. The lowest BCUT2D eigenvalue weighted by molar-refractivity contribution is -0.119. The second-order valence-electron chi connectivity index (χ2n) is 7.39. The van der Waals surface area contributed by atoms with Crippen molar-refractivity contribution in [3.63, 3.8) is 0 Å². The van der Waals surface area contributed by atoms with Gasteiger partial charge < -0.3 is 9.73 Å². The molecular formula is C22H18ClN3O4S2. The highest BCUT2D eigenvalue weighted by molar-refractivity contribution is 7.91. The minimum Gasteiger partial charge on any atom is -0.436 e. The maximum atomic E-state index is 13.0. The molecule has 32 heavy (non-hydrogen) atoms. The maximum absolute atomic E-state index is 13.0. The number of amides is 1. The van der Waals surface area contributed by atoms with Crippen LogP contribution in [-0.2, 0) is 14.8 Å². The van der Waals surface area contributed by atoms with Crippen molar-refractivity contribution in [2.75, 3.05) is 11.9 Å². The molecule has 164 valence electrons. The smallest absolute Gasteiger partial charge is 0.253 e. The Labute approximate surface area is 193 Å². The number of nitrogens with zero attached hydrogens (tertiary/aromatic N) is 2. The summed E-state index contributed by atoms with van der Waals surface area (Å²) in [5, 5.41) is 2.85. The van der Waals surface area contributed by atoms with Gasteiger partial charge in [-0.1, -0.05) is 29.8 Å². The second kappa shape index (κ2) is 8.32. The predicted molar refractivity (Wildman–Crippen MR) is 124 cm³/mol. The number of thiophene rings is 1. The average molecular weight is 488 g/mol. The molecule has 0 aliphatic carbocycles. The molecule has 1 saturated heterocycles. The van der Waals surface area contributed by atoms with Crippen LogP contribution >= 0.6 is 22.9 Å². The molecule has 2 aromatic heterocycles. The van der Waals surface area contributed by atoms with Crippen molar-refractivity contribution in [3.05, 3.63) is 65.0 Å². The SMILES string of the molecule is O=C(Nc1cccc(-c2nc3ccccc3o2)c1)[C@@H]1CCCN1S(=O)(=O)c1ccc(Cl)s1. The monoisotopic (exact) mass is 487 g/mol. The summed E-state index contributed by atoms with van der Waals surface area (Å²) in [6.45, 7) is 0.291. The molecule has 4 aromatic rings. The molecule has 10 heteroatoms. The number of carbonyl (C=O) groups is 1. The lowest BCUT2D eigenvalue weighted by atomic mass is 10.1. The average Bonchev–Trinajstić information content (AvgIpc) is 3.53. The third-order valence-corrected chi connectivity index (χ3v) is 8.90. The molecule has 0 bridgehead atoms. The first-order valence-electron chi connectivity index (χ1n) is 9.96. The van der Waals surface area contributed by atoms with E-state index < -0.39 is 16.1 Å². The zero-order valence-electron chi connectivity index (χ0n) is 16.7. The summed E-state index contributed by atoms with van der Waals surface area (Å²) in [5.74, 6) is 0.0744. The van der Waals surface area contributed by atoms with Crippen molar-refractivity contribution in [3.8, 4) is 11.5 Å². The highest BCUT2D eigenvalue weighted by Gasteiger charge is 2.40. The first-order valence-corrected chi connectivity index (χ1v) is 12.6. The number of hydrogen-bond acceptors (Lipinski definition) is 6. The van der Waals surface area contributed by atoms with Crippen LogP contribution in [0.3, 0.4) is 0 Å². The van der Waals surface area contributed by atoms with E-state index in [-0.39, 0.29) is 10.1 Å². The van der Waals surface area contributed by atoms with Gasteiger partial charge in [0.2, 0.25) is 11.8 Å². The molecule has 1 atom stereocenters. The molecular weight excluding hydrogens is 470 g/mol. The molecule has 0 unspecified atom stereocenters. The first-order chi connectivity index (χ1) is 15.4. The molecule has 0 saturated carbocycles. The van der Waals surface area contributed by atoms with Crippen LogP contribution < -0.4 is 5.32 Å². The third-order valence-electron chi connectivity index (χ3n) is 5.29. The molecule has 7 nitrogen and oxygen atoms in total. The summed E-state index contributed by atoms with van der Waals surface area (Å²) in [6, 6.07) is 16.8. The predicted octanol–water partition coefficient (Wildman–Crippen LogP) is 5.00. The van der Waals surface area contributed by atoms with Crippen LogP contribution in [-0.4, -0.2) is 36.2 Å². The number of benzene rings is 2. The summed E-state index contributed by atoms with van der Waals surface area (Å²) in [7, 11) is -3.79. The largest absolute Gasteiger partial charge is 0.436 e. The van der Waals surface area contributed by atoms with E-state index in [1.165, 1.54) is 10.4 Å². The van der Waals surface area contributed by atoms with Gasteiger partial charge in [-0.3, -0.25) is 4.79 Å². The van der Waals surface area contributed by atoms with E-state index in [1.807, 2.05) is 30.3 Å². The fraction of sp³-hybridized carbons (Fsp3) is 0.182. The van der Waals surface area contributed by atoms with E-state index in [2.05, 4.69) is 10.3 Å². The quantitative estimate of drug-likeness (QED) is 0.427. The fourth-order valence-electron chi connectivity index (χ4n) is 3.79. The molecule has 1 amide bonds. The van der Waals surface area contributed by atoms with Crippen molar-refractivity contribution < 1.29 is 17.6 Å². The van der Waals surface area contributed by atoms with Crippen molar-refractivity contribution in [1.82, 2.24) is 9.29 Å². The van der Waals surface area contributed by atoms with Crippen LogP contribution in [0.4, 0.5) is 5.69 Å². The van der Waals surface area contributed by atoms with E-state index in [0.29, 0.717) is 46.4 Å². The third kappa shape index (κ3) is 3.93. The topological polar surface area (TPSA) is 92.5 Å². The highest BCUT2D eigenvalue weighted by atomic mass is 35.5. The van der Waals surface area contributed by atoms with Crippen LogP contribution in [0.25, 0.3) is 22.6 Å². The van der Waals surface area contributed by atoms with Gasteiger partial charge in [0.15, 0.2) is 5.58 Å². The van der Waals surface area contributed by atoms with Gasteiger partial charge in [-0.25, -0.2) is 13.4 Å². The Morgan fingerprint density at radius 1 is 1.16 bits per heavy atom. The second-order valence-corrected chi connectivity index (χ2v) is 11.2. The minimum atomic E-state index is -3.79. The van der Waals surface area contributed by atoms with Crippen LogP contribution in [0.1, 0.15) is 12.8 Å². The van der Waals surface area contributed by atoms with Crippen LogP contribution in [0.5, 0.6) is 0 Å². The Bertz CT molecular complexity index is 1380. The van der Waals surface area contributed by atoms with Crippen LogP contribution in [0, 0.1) is 0 Å². The Morgan fingerprint density at radius 3 is 2.78 bits per heavy atom. The van der Waals surface area contributed by atoms with Gasteiger partial charge >= 0.3 is 0 Å². The van der Waals surface area contributed by atoms with Gasteiger partial charge in [0.05, 0.1) is 4.34 Å². The summed E-state index contributed by atoms with van der Waals surface area (Å²) in [5.41, 5.74) is 2.68. The van der Waals surface area contributed by atoms with Crippen LogP contribution in [0.15, 0.2) is 69.3 Å². The normalized spacial score (nSPS) is 17.1. The van der Waals surface area contributed by atoms with E-state index in [0.717, 1.165) is 16.9 Å². The number of anilines is 1. The number of para-hydroxylation sites is 2. The lowest BCUT2D eigenvalue weighted by Gasteiger charge is -2.22. The summed E-state index contributed by atoms with van der Waals surface area (Å²) in [6.07, 6.45) is 1.06. The Kier molecular flexibility index (Phi) is 5.50. The Morgan fingerprint density at radius 2 is 2.00 bits per heavy atom. The van der Waals surface area contributed by atoms with Crippen molar-refractivity contribution >= 4 is 55.7 Å². The van der Waals surface area contributed by atoms with Gasteiger partial charge in [0.25, 0.3) is 10.0 Å². The number of nitrogens with one attached hydrogen (secondary N) is 1. The van der Waals surface area contributed by atoms with E-state index in [1.54, 1.807) is 24.3 Å².